The maximum atomic E-state index is 12.9. The van der Waals surface area contributed by atoms with E-state index in [0.29, 0.717) is 16.8 Å². The molecular weight excluding hydrogens is 265 g/mol. The normalized spacial score (nSPS) is 10.3. The SMILES string of the molecule is Fc1ccc(Br)c(OCc2cnoc2)c1. The van der Waals surface area contributed by atoms with Crippen LogP contribution in [0.2, 0.25) is 0 Å². The number of hydrogen-bond donors (Lipinski definition) is 0. The first kappa shape index (κ1) is 10.2. The molecule has 2 rings (SSSR count). The average molecular weight is 272 g/mol. The van der Waals surface area contributed by atoms with E-state index in [1.54, 1.807) is 12.3 Å². The lowest BCUT2D eigenvalue weighted by Gasteiger charge is -2.06. The van der Waals surface area contributed by atoms with E-state index in [1.807, 2.05) is 0 Å². The van der Waals surface area contributed by atoms with Gasteiger partial charge in [0.25, 0.3) is 0 Å². The molecule has 15 heavy (non-hydrogen) atoms. The van der Waals surface area contributed by atoms with Crippen LogP contribution in [0.1, 0.15) is 5.56 Å². The molecule has 0 aliphatic heterocycles. The van der Waals surface area contributed by atoms with E-state index in [2.05, 4.69) is 25.6 Å². The zero-order valence-electron chi connectivity index (χ0n) is 7.61. The van der Waals surface area contributed by atoms with E-state index in [-0.39, 0.29) is 5.82 Å². The third kappa shape index (κ3) is 2.56. The smallest absolute Gasteiger partial charge is 0.136 e. The van der Waals surface area contributed by atoms with Crippen LogP contribution in [0, 0.1) is 5.82 Å². The molecular formula is C10H7BrFNO2. The molecule has 0 unspecified atom stereocenters. The highest BCUT2D eigenvalue weighted by Gasteiger charge is 2.04. The number of rotatable bonds is 3. The molecule has 0 saturated heterocycles. The summed E-state index contributed by atoms with van der Waals surface area (Å²) in [6, 6.07) is 4.27. The third-order valence-electron chi connectivity index (χ3n) is 1.77. The molecule has 0 fully saturated rings. The second kappa shape index (κ2) is 4.44. The van der Waals surface area contributed by atoms with Crippen molar-refractivity contribution in [2.24, 2.45) is 0 Å². The van der Waals surface area contributed by atoms with E-state index in [4.69, 9.17) is 4.74 Å². The number of halogens is 2. The second-order valence-electron chi connectivity index (χ2n) is 2.90. The van der Waals surface area contributed by atoms with Crippen molar-refractivity contribution in [1.82, 2.24) is 5.16 Å². The van der Waals surface area contributed by atoms with Gasteiger partial charge in [-0.3, -0.25) is 0 Å². The van der Waals surface area contributed by atoms with Crippen molar-refractivity contribution in [2.45, 2.75) is 6.61 Å². The summed E-state index contributed by atoms with van der Waals surface area (Å²) >= 11 is 3.26. The van der Waals surface area contributed by atoms with Gasteiger partial charge in [-0.05, 0) is 28.1 Å². The van der Waals surface area contributed by atoms with Gasteiger partial charge in [0, 0.05) is 11.6 Å². The number of ether oxygens (including phenoxy) is 1. The first-order valence-corrected chi connectivity index (χ1v) is 5.01. The lowest BCUT2D eigenvalue weighted by Crippen LogP contribution is -1.95. The second-order valence-corrected chi connectivity index (χ2v) is 3.75. The maximum Gasteiger partial charge on any atom is 0.136 e. The Morgan fingerprint density at radius 1 is 1.47 bits per heavy atom. The first-order valence-electron chi connectivity index (χ1n) is 4.22. The van der Waals surface area contributed by atoms with Gasteiger partial charge < -0.3 is 9.26 Å². The summed E-state index contributed by atoms with van der Waals surface area (Å²) in [5, 5.41) is 3.53. The minimum atomic E-state index is -0.335. The Morgan fingerprint density at radius 2 is 2.33 bits per heavy atom. The minimum absolute atomic E-state index is 0.297. The largest absolute Gasteiger partial charge is 0.487 e. The predicted molar refractivity (Wildman–Crippen MR) is 54.9 cm³/mol. The molecule has 0 amide bonds. The van der Waals surface area contributed by atoms with Crippen LogP contribution in [0.3, 0.4) is 0 Å². The van der Waals surface area contributed by atoms with Crippen molar-refractivity contribution in [3.63, 3.8) is 0 Å². The standard InChI is InChI=1S/C10H7BrFNO2/c11-9-2-1-8(12)3-10(9)14-5-7-4-13-15-6-7/h1-4,6H,5H2. The van der Waals surface area contributed by atoms with Gasteiger partial charge in [-0.25, -0.2) is 4.39 Å². The molecule has 5 heteroatoms. The Labute approximate surface area is 94.0 Å². The molecule has 2 aromatic rings. The molecule has 0 N–H and O–H groups in total. The summed E-state index contributed by atoms with van der Waals surface area (Å²) < 4.78 is 23.6. The fourth-order valence-corrected chi connectivity index (χ4v) is 1.41. The summed E-state index contributed by atoms with van der Waals surface area (Å²) in [5.74, 6) is 0.120. The average Bonchev–Trinajstić information content (AvgIpc) is 2.72. The predicted octanol–water partition coefficient (Wildman–Crippen LogP) is 3.16. The highest BCUT2D eigenvalue weighted by atomic mass is 79.9. The lowest BCUT2D eigenvalue weighted by atomic mass is 10.3. The van der Waals surface area contributed by atoms with Crippen LogP contribution in [0.15, 0.2) is 39.7 Å². The van der Waals surface area contributed by atoms with E-state index >= 15 is 0 Å². The van der Waals surface area contributed by atoms with Gasteiger partial charge in [0.2, 0.25) is 0 Å². The molecule has 0 aliphatic rings. The van der Waals surface area contributed by atoms with Gasteiger partial charge in [0.05, 0.1) is 10.7 Å². The minimum Gasteiger partial charge on any atom is -0.487 e. The number of aromatic nitrogens is 1. The molecule has 0 bridgehead atoms. The van der Waals surface area contributed by atoms with Gasteiger partial charge in [0.15, 0.2) is 0 Å². The summed E-state index contributed by atoms with van der Waals surface area (Å²) in [4.78, 5) is 0. The van der Waals surface area contributed by atoms with Crippen molar-refractivity contribution in [1.29, 1.82) is 0 Å². The number of hydrogen-bond acceptors (Lipinski definition) is 3. The van der Waals surface area contributed by atoms with E-state index < -0.39 is 0 Å². The van der Waals surface area contributed by atoms with Crippen molar-refractivity contribution >= 4 is 15.9 Å². The van der Waals surface area contributed by atoms with Gasteiger partial charge in [-0.2, -0.15) is 0 Å². The summed E-state index contributed by atoms with van der Waals surface area (Å²) in [6.45, 7) is 0.297. The van der Waals surface area contributed by atoms with Crippen molar-refractivity contribution in [3.05, 3.63) is 46.5 Å². The highest BCUT2D eigenvalue weighted by Crippen LogP contribution is 2.26. The van der Waals surface area contributed by atoms with Crippen LogP contribution >= 0.6 is 15.9 Å². The van der Waals surface area contributed by atoms with Crippen molar-refractivity contribution in [3.8, 4) is 5.75 Å². The molecule has 0 aliphatic carbocycles. The van der Waals surface area contributed by atoms with E-state index in [1.165, 1.54) is 18.4 Å². The molecule has 0 radical (unpaired) electrons. The maximum absolute atomic E-state index is 12.9. The quantitative estimate of drug-likeness (QED) is 0.860. The van der Waals surface area contributed by atoms with E-state index in [9.17, 15) is 4.39 Å². The van der Waals surface area contributed by atoms with Gasteiger partial charge in [0.1, 0.15) is 24.4 Å². The molecule has 1 aromatic heterocycles. The fourth-order valence-electron chi connectivity index (χ4n) is 1.05. The van der Waals surface area contributed by atoms with Crippen LogP contribution in [-0.2, 0) is 6.61 Å². The summed E-state index contributed by atoms with van der Waals surface area (Å²) in [5.41, 5.74) is 0.797. The first-order chi connectivity index (χ1) is 7.25. The monoisotopic (exact) mass is 271 g/mol. The number of benzene rings is 1. The van der Waals surface area contributed by atoms with Crippen LogP contribution < -0.4 is 4.74 Å². The summed E-state index contributed by atoms with van der Waals surface area (Å²) in [7, 11) is 0. The van der Waals surface area contributed by atoms with Gasteiger partial charge >= 0.3 is 0 Å². The lowest BCUT2D eigenvalue weighted by molar-refractivity contribution is 0.301. The Balaban J connectivity index is 2.07. The van der Waals surface area contributed by atoms with Crippen molar-refractivity contribution < 1.29 is 13.7 Å². The van der Waals surface area contributed by atoms with E-state index in [0.717, 1.165) is 5.56 Å². The highest BCUT2D eigenvalue weighted by molar-refractivity contribution is 9.10. The Bertz CT molecular complexity index is 445. The molecule has 3 nitrogen and oxygen atoms in total. The Hall–Kier alpha value is -1.36. The molecule has 0 atom stereocenters. The summed E-state index contributed by atoms with van der Waals surface area (Å²) in [6.07, 6.45) is 3.03. The topological polar surface area (TPSA) is 35.3 Å². The van der Waals surface area contributed by atoms with Crippen LogP contribution in [0.4, 0.5) is 4.39 Å². The molecule has 78 valence electrons. The zero-order valence-corrected chi connectivity index (χ0v) is 9.20. The Kier molecular flexibility index (Phi) is 3.01. The van der Waals surface area contributed by atoms with Gasteiger partial charge in [-0.15, -0.1) is 0 Å². The van der Waals surface area contributed by atoms with Crippen LogP contribution in [0.25, 0.3) is 0 Å². The molecule has 0 spiro atoms. The van der Waals surface area contributed by atoms with Crippen molar-refractivity contribution in [2.75, 3.05) is 0 Å². The Morgan fingerprint density at radius 3 is 3.07 bits per heavy atom. The molecule has 1 heterocycles. The number of nitrogens with zero attached hydrogens (tertiary/aromatic N) is 1. The molecule has 1 aromatic carbocycles. The van der Waals surface area contributed by atoms with Crippen LogP contribution in [-0.4, -0.2) is 5.16 Å². The zero-order chi connectivity index (χ0) is 10.7. The molecule has 0 saturated carbocycles. The fraction of sp³-hybridized carbons (Fsp3) is 0.100. The van der Waals surface area contributed by atoms with Gasteiger partial charge in [-0.1, -0.05) is 5.16 Å². The van der Waals surface area contributed by atoms with Crippen LogP contribution in [0.5, 0.6) is 5.75 Å². The third-order valence-corrected chi connectivity index (χ3v) is 2.43.